The van der Waals surface area contributed by atoms with Crippen molar-refractivity contribution < 1.29 is 27.5 Å². The average Bonchev–Trinajstić information content (AvgIpc) is 3.28. The molecule has 1 atom stereocenters. The van der Waals surface area contributed by atoms with Crippen LogP contribution in [0.5, 0.6) is 0 Å². The first-order valence-electron chi connectivity index (χ1n) is 8.55. The molecule has 3 aromatic rings. The van der Waals surface area contributed by atoms with E-state index in [2.05, 4.69) is 15.3 Å². The molecule has 160 valence electrons. The van der Waals surface area contributed by atoms with Crippen LogP contribution in [0.15, 0.2) is 22.8 Å². The maximum absolute atomic E-state index is 10.6. The van der Waals surface area contributed by atoms with E-state index in [1.54, 1.807) is 17.6 Å². The van der Waals surface area contributed by atoms with Gasteiger partial charge in [-0.15, -0.1) is 11.3 Å². The summed E-state index contributed by atoms with van der Waals surface area (Å²) in [6.07, 6.45) is -2.67. The van der Waals surface area contributed by atoms with E-state index in [4.69, 9.17) is 20.1 Å². The Kier molecular flexibility index (Phi) is 7.36. The van der Waals surface area contributed by atoms with Gasteiger partial charge in [0.05, 0.1) is 23.0 Å². The van der Waals surface area contributed by atoms with Crippen molar-refractivity contribution in [3.05, 3.63) is 40.4 Å². The number of aromatic nitrogens is 2. The summed E-state index contributed by atoms with van der Waals surface area (Å²) in [6.45, 7) is 4.50. The molecule has 0 amide bonds. The second-order valence-electron chi connectivity index (χ2n) is 6.25. The number of aliphatic carboxylic acids is 1. The first kappa shape index (κ1) is 23.1. The number of carboxylic acids is 1. The lowest BCUT2D eigenvalue weighted by molar-refractivity contribution is -0.192. The molecule has 0 saturated heterocycles. The predicted molar refractivity (Wildman–Crippen MR) is 104 cm³/mol. The van der Waals surface area contributed by atoms with Crippen LogP contribution >= 0.6 is 11.3 Å². The number of nitrogens with zero attached hydrogens (tertiary/aromatic N) is 3. The van der Waals surface area contributed by atoms with Gasteiger partial charge in [-0.25, -0.2) is 14.8 Å². The Bertz CT molecular complexity index is 1060. The van der Waals surface area contributed by atoms with E-state index in [0.717, 1.165) is 28.0 Å². The molecule has 0 fully saturated rings. The second-order valence-corrected chi connectivity index (χ2v) is 7.36. The zero-order chi connectivity index (χ0) is 22.5. The number of alkyl halides is 3. The summed E-state index contributed by atoms with van der Waals surface area (Å²) >= 11 is 1.63. The van der Waals surface area contributed by atoms with Crippen LogP contribution in [0.2, 0.25) is 0 Å². The molecule has 0 bridgehead atoms. The predicted octanol–water partition coefficient (Wildman–Crippen LogP) is 3.60. The molecule has 0 aliphatic heterocycles. The van der Waals surface area contributed by atoms with Crippen molar-refractivity contribution >= 4 is 33.3 Å². The zero-order valence-corrected chi connectivity index (χ0v) is 16.8. The lowest BCUT2D eigenvalue weighted by Gasteiger charge is -2.05. The van der Waals surface area contributed by atoms with Crippen LogP contribution in [0.3, 0.4) is 0 Å². The number of hydrogen-bond acceptors (Lipinski definition) is 8. The minimum atomic E-state index is -5.08. The van der Waals surface area contributed by atoms with Crippen LogP contribution in [0, 0.1) is 18.3 Å². The fraction of sp³-hybridized carbons (Fsp3) is 0.333. The van der Waals surface area contributed by atoms with Gasteiger partial charge in [-0.3, -0.25) is 0 Å². The van der Waals surface area contributed by atoms with Crippen LogP contribution in [-0.2, 0) is 17.8 Å². The number of carbonyl (C=O) groups is 1. The molecule has 4 N–H and O–H groups in total. The van der Waals surface area contributed by atoms with Crippen LogP contribution in [-0.4, -0.2) is 33.3 Å². The first-order chi connectivity index (χ1) is 14.0. The van der Waals surface area contributed by atoms with Gasteiger partial charge in [0.25, 0.3) is 0 Å². The maximum atomic E-state index is 10.6. The smallest absolute Gasteiger partial charge is 0.475 e. The number of thiophene rings is 1. The molecule has 12 heteroatoms. The molecular formula is C18H18F3N5O3S. The zero-order valence-electron chi connectivity index (χ0n) is 15.9. The lowest BCUT2D eigenvalue weighted by Crippen LogP contribution is -2.21. The Labute approximate surface area is 173 Å². The summed E-state index contributed by atoms with van der Waals surface area (Å²) in [4.78, 5) is 18.7. The lowest BCUT2D eigenvalue weighted by atomic mass is 10.1. The minimum Gasteiger partial charge on any atom is -0.475 e. The number of anilines is 1. The highest BCUT2D eigenvalue weighted by Crippen LogP contribution is 2.34. The number of fused-ring (bicyclic) bond motifs is 1. The van der Waals surface area contributed by atoms with Crippen molar-refractivity contribution in [1.29, 1.82) is 5.26 Å². The van der Waals surface area contributed by atoms with E-state index in [1.807, 2.05) is 32.0 Å². The summed E-state index contributed by atoms with van der Waals surface area (Å²) in [7, 11) is 0. The van der Waals surface area contributed by atoms with E-state index >= 15 is 0 Å². The summed E-state index contributed by atoms with van der Waals surface area (Å²) in [6, 6.07) is 5.82. The number of nitrogens with two attached hydrogens (primary N) is 1. The van der Waals surface area contributed by atoms with E-state index < -0.39 is 12.1 Å². The topological polar surface area (TPSA) is 138 Å². The highest BCUT2D eigenvalue weighted by atomic mass is 32.1. The van der Waals surface area contributed by atoms with Gasteiger partial charge in [-0.1, -0.05) is 0 Å². The van der Waals surface area contributed by atoms with Gasteiger partial charge < -0.3 is 20.6 Å². The number of rotatable bonds is 5. The standard InChI is InChI=1S/C16H17N5OS.C2HF3O2/c1-9(18)6-12-10(2)14-15(23-12)16(21-13(7-17)20-14)19-8-11-4-3-5-22-11;3-2(4,5)1(6)7/h3-5,9H,6,8,18H2,1-2H3,(H,19,20,21);(H,6,7)/t9-;/m0./s1. The molecule has 8 nitrogen and oxygen atoms in total. The average molecular weight is 441 g/mol. The summed E-state index contributed by atoms with van der Waals surface area (Å²) in [5.41, 5.74) is 7.81. The van der Waals surface area contributed by atoms with E-state index in [9.17, 15) is 18.4 Å². The molecule has 0 aromatic carbocycles. The van der Waals surface area contributed by atoms with Crippen molar-refractivity contribution in [3.63, 3.8) is 0 Å². The fourth-order valence-corrected chi connectivity index (χ4v) is 3.73. The number of halogens is 3. The highest BCUT2D eigenvalue weighted by molar-refractivity contribution is 7.19. The van der Waals surface area contributed by atoms with Crippen molar-refractivity contribution in [2.45, 2.75) is 39.0 Å². The van der Waals surface area contributed by atoms with Crippen molar-refractivity contribution in [2.75, 3.05) is 5.32 Å². The van der Waals surface area contributed by atoms with Gasteiger partial charge >= 0.3 is 12.1 Å². The van der Waals surface area contributed by atoms with Gasteiger partial charge in [0, 0.05) is 10.9 Å². The molecule has 30 heavy (non-hydrogen) atoms. The van der Waals surface area contributed by atoms with Crippen LogP contribution < -0.4 is 11.1 Å². The third-order valence-electron chi connectivity index (χ3n) is 3.72. The van der Waals surface area contributed by atoms with E-state index in [0.29, 0.717) is 12.4 Å². The number of nitrogens with one attached hydrogen (secondary N) is 1. The number of aryl methyl sites for hydroxylation is 1. The van der Waals surface area contributed by atoms with Gasteiger partial charge in [-0.05, 0) is 38.0 Å². The quantitative estimate of drug-likeness (QED) is 0.546. The molecular weight excluding hydrogens is 423 g/mol. The molecule has 3 heterocycles. The normalized spacial score (nSPS) is 12.0. The minimum absolute atomic E-state index is 0.0738. The van der Waals surface area contributed by atoms with Crippen molar-refractivity contribution in [1.82, 2.24) is 9.97 Å². The van der Waals surface area contributed by atoms with E-state index in [1.165, 1.54) is 4.88 Å². The molecule has 3 rings (SSSR count). The number of hydrogen-bond donors (Lipinski definition) is 3. The third-order valence-corrected chi connectivity index (χ3v) is 5.03. The van der Waals surface area contributed by atoms with Gasteiger partial charge in [0.1, 0.15) is 17.6 Å². The summed E-state index contributed by atoms with van der Waals surface area (Å²) < 4.78 is 38.0. The molecule has 3 aromatic heterocycles. The Morgan fingerprint density at radius 1 is 1.47 bits per heavy atom. The largest absolute Gasteiger partial charge is 0.490 e. The molecule has 0 unspecified atom stereocenters. The van der Waals surface area contributed by atoms with Crippen molar-refractivity contribution in [2.24, 2.45) is 5.73 Å². The van der Waals surface area contributed by atoms with Gasteiger partial charge in [-0.2, -0.15) is 18.4 Å². The van der Waals surface area contributed by atoms with Crippen LogP contribution in [0.25, 0.3) is 10.2 Å². The fourth-order valence-electron chi connectivity index (χ4n) is 2.37. The highest BCUT2D eigenvalue weighted by Gasteiger charge is 2.38. The van der Waals surface area contributed by atoms with Crippen LogP contribution in [0.1, 0.15) is 28.9 Å². The van der Waals surface area contributed by atoms with Crippen LogP contribution in [0.4, 0.5) is 19.0 Å². The van der Waals surface area contributed by atoms with E-state index in [-0.39, 0.29) is 11.9 Å². The van der Waals surface area contributed by atoms with Gasteiger partial charge in [0.15, 0.2) is 0 Å². The molecule has 0 aliphatic rings. The summed E-state index contributed by atoms with van der Waals surface area (Å²) in [5.74, 6) is -1.13. The number of nitriles is 1. The second kappa shape index (κ2) is 9.55. The number of carboxylic acid groups (broad SMARTS) is 1. The first-order valence-corrected chi connectivity index (χ1v) is 9.36. The molecule has 0 spiro atoms. The Morgan fingerprint density at radius 3 is 2.63 bits per heavy atom. The molecule has 0 saturated carbocycles. The molecule has 0 aliphatic carbocycles. The third kappa shape index (κ3) is 5.91. The Morgan fingerprint density at radius 2 is 2.13 bits per heavy atom. The Balaban J connectivity index is 0.000000396. The number of furan rings is 1. The summed E-state index contributed by atoms with van der Waals surface area (Å²) in [5, 5.41) is 19.5. The Hall–Kier alpha value is -3.17. The maximum Gasteiger partial charge on any atom is 0.490 e. The van der Waals surface area contributed by atoms with Gasteiger partial charge in [0.2, 0.25) is 5.82 Å². The monoisotopic (exact) mass is 441 g/mol. The SMILES string of the molecule is Cc1c(C[C@H](C)N)sc2c(NCc3ccco3)nc(C#N)nc12.O=C(O)C(F)(F)F. The van der Waals surface area contributed by atoms with Crippen molar-refractivity contribution in [3.8, 4) is 6.07 Å². The molecule has 0 radical (unpaired) electrons.